The van der Waals surface area contributed by atoms with Crippen molar-refractivity contribution in [2.45, 2.75) is 44.8 Å². The molecular formula is C15H18F3N3. The summed E-state index contributed by atoms with van der Waals surface area (Å²) in [6.45, 7) is 0.721. The number of benzene rings is 1. The quantitative estimate of drug-likeness (QED) is 0.922. The fourth-order valence-corrected chi connectivity index (χ4v) is 3.17. The number of nitrogens with two attached hydrogens (primary N) is 1. The molecule has 1 fully saturated rings. The van der Waals surface area contributed by atoms with E-state index in [1.54, 1.807) is 0 Å². The van der Waals surface area contributed by atoms with Crippen LogP contribution in [0.1, 0.15) is 37.7 Å². The van der Waals surface area contributed by atoms with Crippen molar-refractivity contribution in [1.82, 2.24) is 9.55 Å². The zero-order chi connectivity index (χ0) is 15.0. The van der Waals surface area contributed by atoms with E-state index in [2.05, 4.69) is 4.98 Å². The molecule has 0 bridgehead atoms. The maximum Gasteiger partial charge on any atom is 0.416 e. The molecular weight excluding hydrogens is 279 g/mol. The normalized spacial score (nSPS) is 16.9. The number of aryl methyl sites for hydroxylation is 1. The summed E-state index contributed by atoms with van der Waals surface area (Å²) in [5.74, 6) is 0.999. The minimum Gasteiger partial charge on any atom is -0.369 e. The van der Waals surface area contributed by atoms with E-state index in [0.717, 1.165) is 25.1 Å². The van der Waals surface area contributed by atoms with Crippen LogP contribution >= 0.6 is 0 Å². The minimum atomic E-state index is -4.35. The molecule has 0 atom stereocenters. The van der Waals surface area contributed by atoms with Crippen LogP contribution in [0.3, 0.4) is 0 Å². The summed E-state index contributed by atoms with van der Waals surface area (Å²) >= 11 is 0. The molecule has 114 valence electrons. The summed E-state index contributed by atoms with van der Waals surface area (Å²) in [5.41, 5.74) is 6.18. The van der Waals surface area contributed by atoms with Gasteiger partial charge in [0.1, 0.15) is 0 Å². The van der Waals surface area contributed by atoms with Gasteiger partial charge in [-0.25, -0.2) is 4.98 Å². The van der Waals surface area contributed by atoms with Crippen molar-refractivity contribution >= 4 is 17.0 Å². The number of anilines is 1. The second kappa shape index (κ2) is 5.24. The lowest BCUT2D eigenvalue weighted by Gasteiger charge is -2.11. The molecule has 0 radical (unpaired) electrons. The Hall–Kier alpha value is -1.72. The number of hydrogen-bond acceptors (Lipinski definition) is 2. The monoisotopic (exact) mass is 297 g/mol. The van der Waals surface area contributed by atoms with E-state index in [1.807, 2.05) is 4.57 Å². The summed E-state index contributed by atoms with van der Waals surface area (Å²) in [6.07, 6.45) is 1.70. The van der Waals surface area contributed by atoms with Crippen LogP contribution in [0.5, 0.6) is 0 Å². The molecule has 0 aliphatic heterocycles. The molecule has 2 aromatic rings. The largest absolute Gasteiger partial charge is 0.416 e. The van der Waals surface area contributed by atoms with Crippen LogP contribution in [0.4, 0.5) is 19.1 Å². The van der Waals surface area contributed by atoms with E-state index in [4.69, 9.17) is 5.73 Å². The highest BCUT2D eigenvalue weighted by atomic mass is 19.4. The van der Waals surface area contributed by atoms with Crippen LogP contribution in [-0.2, 0) is 12.7 Å². The highest BCUT2D eigenvalue weighted by Gasteiger charge is 2.31. The summed E-state index contributed by atoms with van der Waals surface area (Å²) < 4.78 is 40.0. The summed E-state index contributed by atoms with van der Waals surface area (Å²) in [5, 5.41) is 0. The number of aromatic nitrogens is 2. The Morgan fingerprint density at radius 2 is 1.95 bits per heavy atom. The van der Waals surface area contributed by atoms with Gasteiger partial charge < -0.3 is 10.3 Å². The first-order chi connectivity index (χ1) is 9.95. The summed E-state index contributed by atoms with van der Waals surface area (Å²) in [7, 11) is 0. The van der Waals surface area contributed by atoms with E-state index in [-0.39, 0.29) is 0 Å². The Morgan fingerprint density at radius 1 is 1.24 bits per heavy atom. The number of halogens is 3. The van der Waals surface area contributed by atoms with E-state index >= 15 is 0 Å². The maximum absolute atomic E-state index is 12.7. The first kappa shape index (κ1) is 14.2. The summed E-state index contributed by atoms with van der Waals surface area (Å²) in [6, 6.07) is 3.63. The topological polar surface area (TPSA) is 43.8 Å². The SMILES string of the molecule is Nc1nc2cc(C(F)(F)F)ccc2n1CCC1CCCC1. The van der Waals surface area contributed by atoms with Crippen molar-refractivity contribution in [2.75, 3.05) is 5.73 Å². The Bertz CT molecular complexity index is 639. The number of hydrogen-bond donors (Lipinski definition) is 1. The van der Waals surface area contributed by atoms with Crippen LogP contribution in [-0.4, -0.2) is 9.55 Å². The van der Waals surface area contributed by atoms with Gasteiger partial charge in [0.25, 0.3) is 0 Å². The molecule has 0 saturated heterocycles. The molecule has 1 aromatic heterocycles. The van der Waals surface area contributed by atoms with Gasteiger partial charge in [0.15, 0.2) is 0 Å². The summed E-state index contributed by atoms with van der Waals surface area (Å²) in [4.78, 5) is 4.07. The molecule has 0 unspecified atom stereocenters. The first-order valence-corrected chi connectivity index (χ1v) is 7.28. The van der Waals surface area contributed by atoms with Crippen molar-refractivity contribution in [3.05, 3.63) is 23.8 Å². The number of imidazole rings is 1. The third-order valence-corrected chi connectivity index (χ3v) is 4.34. The standard InChI is InChI=1S/C15H18F3N3/c16-15(17,18)11-5-6-13-12(9-11)20-14(19)21(13)8-7-10-3-1-2-4-10/h5-6,9-10H,1-4,7-8H2,(H2,19,20). The molecule has 1 aliphatic carbocycles. The van der Waals surface area contributed by atoms with Crippen molar-refractivity contribution < 1.29 is 13.2 Å². The van der Waals surface area contributed by atoms with Gasteiger partial charge in [-0.15, -0.1) is 0 Å². The van der Waals surface area contributed by atoms with Crippen molar-refractivity contribution in [3.63, 3.8) is 0 Å². The van der Waals surface area contributed by atoms with Crippen LogP contribution in [0.15, 0.2) is 18.2 Å². The number of rotatable bonds is 3. The van der Waals surface area contributed by atoms with E-state index in [0.29, 0.717) is 22.9 Å². The molecule has 3 rings (SSSR count). The average Bonchev–Trinajstić information content (AvgIpc) is 3.01. The molecule has 1 aromatic carbocycles. The molecule has 21 heavy (non-hydrogen) atoms. The van der Waals surface area contributed by atoms with Gasteiger partial charge in [-0.05, 0) is 30.5 Å². The molecule has 0 amide bonds. The lowest BCUT2D eigenvalue weighted by Crippen LogP contribution is -2.07. The fraction of sp³-hybridized carbons (Fsp3) is 0.533. The minimum absolute atomic E-state index is 0.294. The molecule has 1 heterocycles. The Morgan fingerprint density at radius 3 is 2.62 bits per heavy atom. The Kier molecular flexibility index (Phi) is 3.55. The lowest BCUT2D eigenvalue weighted by molar-refractivity contribution is -0.137. The van der Waals surface area contributed by atoms with Crippen LogP contribution < -0.4 is 5.73 Å². The predicted octanol–water partition coefficient (Wildman–Crippen LogP) is 4.22. The third kappa shape index (κ3) is 2.84. The van der Waals surface area contributed by atoms with Gasteiger partial charge >= 0.3 is 6.18 Å². The lowest BCUT2D eigenvalue weighted by atomic mass is 10.0. The molecule has 0 spiro atoms. The first-order valence-electron chi connectivity index (χ1n) is 7.28. The number of nitrogens with zero attached hydrogens (tertiary/aromatic N) is 2. The fourth-order valence-electron chi connectivity index (χ4n) is 3.17. The van der Waals surface area contributed by atoms with Gasteiger partial charge in [-0.2, -0.15) is 13.2 Å². The van der Waals surface area contributed by atoms with E-state index < -0.39 is 11.7 Å². The molecule has 6 heteroatoms. The van der Waals surface area contributed by atoms with Gasteiger partial charge in [0.05, 0.1) is 16.6 Å². The molecule has 3 nitrogen and oxygen atoms in total. The molecule has 1 saturated carbocycles. The maximum atomic E-state index is 12.7. The van der Waals surface area contributed by atoms with Gasteiger partial charge in [0, 0.05) is 6.54 Å². The highest BCUT2D eigenvalue weighted by molar-refractivity contribution is 5.79. The number of nitrogen functional groups attached to an aromatic ring is 1. The van der Waals surface area contributed by atoms with Gasteiger partial charge in [0.2, 0.25) is 5.95 Å². The van der Waals surface area contributed by atoms with Gasteiger partial charge in [-0.1, -0.05) is 25.7 Å². The van der Waals surface area contributed by atoms with Crippen LogP contribution in [0, 0.1) is 5.92 Å². The van der Waals surface area contributed by atoms with Crippen molar-refractivity contribution in [1.29, 1.82) is 0 Å². The van der Waals surface area contributed by atoms with Crippen molar-refractivity contribution in [2.24, 2.45) is 5.92 Å². The molecule has 1 aliphatic rings. The zero-order valence-corrected chi connectivity index (χ0v) is 11.7. The predicted molar refractivity (Wildman–Crippen MR) is 75.7 cm³/mol. The number of alkyl halides is 3. The van der Waals surface area contributed by atoms with E-state index in [1.165, 1.54) is 31.7 Å². The van der Waals surface area contributed by atoms with E-state index in [9.17, 15) is 13.2 Å². The molecule has 2 N–H and O–H groups in total. The van der Waals surface area contributed by atoms with Crippen LogP contribution in [0.25, 0.3) is 11.0 Å². The van der Waals surface area contributed by atoms with Crippen LogP contribution in [0.2, 0.25) is 0 Å². The zero-order valence-electron chi connectivity index (χ0n) is 11.7. The Labute approximate surface area is 121 Å². The van der Waals surface area contributed by atoms with Crippen molar-refractivity contribution in [3.8, 4) is 0 Å². The second-order valence-corrected chi connectivity index (χ2v) is 5.76. The number of fused-ring (bicyclic) bond motifs is 1. The Balaban J connectivity index is 1.86. The average molecular weight is 297 g/mol. The third-order valence-electron chi connectivity index (χ3n) is 4.34. The smallest absolute Gasteiger partial charge is 0.369 e. The second-order valence-electron chi connectivity index (χ2n) is 5.76. The highest BCUT2D eigenvalue weighted by Crippen LogP contribution is 2.33. The van der Waals surface area contributed by atoms with Gasteiger partial charge in [-0.3, -0.25) is 0 Å².